The fourth-order valence-electron chi connectivity index (χ4n) is 3.06. The topological polar surface area (TPSA) is 70.8 Å². The Bertz CT molecular complexity index is 763. The summed E-state index contributed by atoms with van der Waals surface area (Å²) in [6.45, 7) is 2.89. The van der Waals surface area contributed by atoms with E-state index in [2.05, 4.69) is 0 Å². The standard InChI is InChI=1S/C21H23NO5/c1-16-19(22(23)24)14-26-20(15-25-12-17-8-4-2-5-9-17)21(16)27-13-18-10-6-3-7-11-18/h2-11,14,16,20-21H,12-13,15H2,1H3. The van der Waals surface area contributed by atoms with Crippen LogP contribution in [0.5, 0.6) is 0 Å². The second-order valence-corrected chi connectivity index (χ2v) is 6.52. The highest BCUT2D eigenvalue weighted by atomic mass is 16.6. The van der Waals surface area contributed by atoms with Crippen LogP contribution in [0.1, 0.15) is 18.1 Å². The molecule has 0 radical (unpaired) electrons. The van der Waals surface area contributed by atoms with Crippen LogP contribution in [0, 0.1) is 16.0 Å². The van der Waals surface area contributed by atoms with Gasteiger partial charge in [-0.05, 0) is 18.1 Å². The second kappa shape index (κ2) is 9.30. The quantitative estimate of drug-likeness (QED) is 0.521. The molecule has 1 aliphatic rings. The molecule has 27 heavy (non-hydrogen) atoms. The fourth-order valence-corrected chi connectivity index (χ4v) is 3.06. The Labute approximate surface area is 158 Å². The summed E-state index contributed by atoms with van der Waals surface area (Å²) in [5, 5.41) is 11.3. The molecule has 6 heteroatoms. The van der Waals surface area contributed by atoms with Crippen LogP contribution in [0.2, 0.25) is 0 Å². The van der Waals surface area contributed by atoms with Crippen LogP contribution in [0.4, 0.5) is 0 Å². The molecule has 3 unspecified atom stereocenters. The molecule has 0 spiro atoms. The van der Waals surface area contributed by atoms with Gasteiger partial charge >= 0.3 is 0 Å². The number of benzene rings is 2. The molecule has 0 fully saturated rings. The third-order valence-corrected chi connectivity index (χ3v) is 4.58. The average Bonchev–Trinajstić information content (AvgIpc) is 2.69. The summed E-state index contributed by atoms with van der Waals surface area (Å²) in [5.41, 5.74) is 2.09. The Kier molecular flexibility index (Phi) is 6.57. The summed E-state index contributed by atoms with van der Waals surface area (Å²) >= 11 is 0. The summed E-state index contributed by atoms with van der Waals surface area (Å²) in [5.74, 6) is -0.400. The molecular formula is C21H23NO5. The molecule has 0 aliphatic carbocycles. The van der Waals surface area contributed by atoms with E-state index in [-0.39, 0.29) is 5.70 Å². The largest absolute Gasteiger partial charge is 0.486 e. The molecule has 0 aromatic heterocycles. The van der Waals surface area contributed by atoms with E-state index in [1.54, 1.807) is 6.92 Å². The first-order valence-corrected chi connectivity index (χ1v) is 8.92. The van der Waals surface area contributed by atoms with Gasteiger partial charge in [0.2, 0.25) is 0 Å². The lowest BCUT2D eigenvalue weighted by molar-refractivity contribution is -0.441. The Balaban J connectivity index is 1.64. The maximum atomic E-state index is 11.3. The van der Waals surface area contributed by atoms with Crippen LogP contribution in [-0.4, -0.2) is 23.7 Å². The van der Waals surface area contributed by atoms with E-state index in [0.29, 0.717) is 19.8 Å². The van der Waals surface area contributed by atoms with E-state index >= 15 is 0 Å². The van der Waals surface area contributed by atoms with Gasteiger partial charge < -0.3 is 14.2 Å². The van der Waals surface area contributed by atoms with Gasteiger partial charge in [-0.1, -0.05) is 60.7 Å². The predicted molar refractivity (Wildman–Crippen MR) is 100 cm³/mol. The second-order valence-electron chi connectivity index (χ2n) is 6.52. The SMILES string of the molecule is CC1C([N+](=O)[O-])=COC(COCc2ccccc2)C1OCc1ccccc1. The molecule has 0 bridgehead atoms. The minimum atomic E-state index is -0.466. The maximum absolute atomic E-state index is 11.3. The van der Waals surface area contributed by atoms with Crippen LogP contribution in [-0.2, 0) is 27.4 Å². The first-order valence-electron chi connectivity index (χ1n) is 8.92. The molecule has 0 saturated carbocycles. The van der Waals surface area contributed by atoms with Gasteiger partial charge in [-0.15, -0.1) is 0 Å². The van der Waals surface area contributed by atoms with Crippen molar-refractivity contribution in [1.82, 2.24) is 0 Å². The van der Waals surface area contributed by atoms with Crippen molar-refractivity contribution in [1.29, 1.82) is 0 Å². The lowest BCUT2D eigenvalue weighted by atomic mass is 9.95. The number of hydrogen-bond donors (Lipinski definition) is 0. The molecule has 142 valence electrons. The molecular weight excluding hydrogens is 346 g/mol. The molecule has 1 aliphatic heterocycles. The highest BCUT2D eigenvalue weighted by Crippen LogP contribution is 2.29. The zero-order chi connectivity index (χ0) is 19.1. The number of rotatable bonds is 8. The third kappa shape index (κ3) is 5.15. The van der Waals surface area contributed by atoms with E-state index in [1.165, 1.54) is 6.26 Å². The van der Waals surface area contributed by atoms with Crippen molar-refractivity contribution in [3.05, 3.63) is 93.9 Å². The average molecular weight is 369 g/mol. The van der Waals surface area contributed by atoms with E-state index in [0.717, 1.165) is 11.1 Å². The van der Waals surface area contributed by atoms with Gasteiger partial charge in [0.25, 0.3) is 5.70 Å². The normalized spacial score (nSPS) is 22.0. The highest BCUT2D eigenvalue weighted by Gasteiger charge is 2.40. The molecule has 2 aromatic carbocycles. The monoisotopic (exact) mass is 369 g/mol. The first kappa shape index (κ1) is 19.1. The van der Waals surface area contributed by atoms with Gasteiger partial charge in [0.05, 0.1) is 30.7 Å². The van der Waals surface area contributed by atoms with E-state index in [1.807, 2.05) is 60.7 Å². The minimum absolute atomic E-state index is 0.0207. The van der Waals surface area contributed by atoms with Crippen molar-refractivity contribution in [3.8, 4) is 0 Å². The molecule has 2 aromatic rings. The van der Waals surface area contributed by atoms with E-state index < -0.39 is 23.0 Å². The Hall–Kier alpha value is -2.70. The summed E-state index contributed by atoms with van der Waals surface area (Å²) in [6, 6.07) is 19.5. The third-order valence-electron chi connectivity index (χ3n) is 4.58. The molecule has 0 saturated heterocycles. The van der Waals surface area contributed by atoms with Crippen molar-refractivity contribution < 1.29 is 19.1 Å². The fraction of sp³-hybridized carbons (Fsp3) is 0.333. The van der Waals surface area contributed by atoms with Crippen molar-refractivity contribution in [2.45, 2.75) is 32.3 Å². The number of ether oxygens (including phenoxy) is 3. The zero-order valence-electron chi connectivity index (χ0n) is 15.2. The summed E-state index contributed by atoms with van der Waals surface area (Å²) in [4.78, 5) is 10.8. The molecule has 6 nitrogen and oxygen atoms in total. The molecule has 3 rings (SSSR count). The van der Waals surface area contributed by atoms with E-state index in [4.69, 9.17) is 14.2 Å². The molecule has 0 N–H and O–H groups in total. The van der Waals surface area contributed by atoms with Gasteiger partial charge in [-0.2, -0.15) is 0 Å². The molecule has 3 atom stereocenters. The number of hydrogen-bond acceptors (Lipinski definition) is 5. The molecule has 1 heterocycles. The Morgan fingerprint density at radius 2 is 1.59 bits per heavy atom. The van der Waals surface area contributed by atoms with Crippen LogP contribution in [0.15, 0.2) is 72.6 Å². The van der Waals surface area contributed by atoms with Crippen molar-refractivity contribution in [2.24, 2.45) is 5.92 Å². The molecule has 0 amide bonds. The first-order chi connectivity index (χ1) is 13.1. The zero-order valence-corrected chi connectivity index (χ0v) is 15.2. The van der Waals surface area contributed by atoms with Crippen LogP contribution in [0.3, 0.4) is 0 Å². The summed E-state index contributed by atoms with van der Waals surface area (Å²) in [7, 11) is 0. The Morgan fingerprint density at radius 1 is 1.00 bits per heavy atom. The number of nitro groups is 1. The summed E-state index contributed by atoms with van der Waals surface area (Å²) in [6.07, 6.45) is 0.353. The van der Waals surface area contributed by atoms with Gasteiger partial charge in [0.1, 0.15) is 12.2 Å². The van der Waals surface area contributed by atoms with E-state index in [9.17, 15) is 10.1 Å². The van der Waals surface area contributed by atoms with Crippen LogP contribution in [0.25, 0.3) is 0 Å². The maximum Gasteiger partial charge on any atom is 0.285 e. The Morgan fingerprint density at radius 3 is 2.19 bits per heavy atom. The lowest BCUT2D eigenvalue weighted by Crippen LogP contribution is -2.43. The smallest absolute Gasteiger partial charge is 0.285 e. The van der Waals surface area contributed by atoms with Gasteiger partial charge in [0, 0.05) is 0 Å². The van der Waals surface area contributed by atoms with Crippen molar-refractivity contribution in [3.63, 3.8) is 0 Å². The van der Waals surface area contributed by atoms with Gasteiger partial charge in [-0.25, -0.2) is 0 Å². The number of nitrogens with zero attached hydrogens (tertiary/aromatic N) is 1. The summed E-state index contributed by atoms with van der Waals surface area (Å²) < 4.78 is 17.4. The minimum Gasteiger partial charge on any atom is -0.486 e. The van der Waals surface area contributed by atoms with Gasteiger partial charge in [-0.3, -0.25) is 10.1 Å². The van der Waals surface area contributed by atoms with Crippen molar-refractivity contribution in [2.75, 3.05) is 6.61 Å². The van der Waals surface area contributed by atoms with Crippen LogP contribution >= 0.6 is 0 Å². The predicted octanol–water partition coefficient (Wildman–Crippen LogP) is 3.94. The van der Waals surface area contributed by atoms with Gasteiger partial charge in [0.15, 0.2) is 6.26 Å². The van der Waals surface area contributed by atoms with Crippen molar-refractivity contribution >= 4 is 0 Å². The highest BCUT2D eigenvalue weighted by molar-refractivity contribution is 5.14. The lowest BCUT2D eigenvalue weighted by Gasteiger charge is -2.33. The van der Waals surface area contributed by atoms with Crippen LogP contribution < -0.4 is 0 Å².